The highest BCUT2D eigenvalue weighted by Crippen LogP contribution is 2.22. The summed E-state index contributed by atoms with van der Waals surface area (Å²) in [5, 5.41) is 12.2. The second kappa shape index (κ2) is 7.03. The highest BCUT2D eigenvalue weighted by molar-refractivity contribution is 7.88. The molecule has 1 saturated heterocycles. The molecule has 0 atom stereocenters. The summed E-state index contributed by atoms with van der Waals surface area (Å²) in [6.07, 6.45) is 1.78. The number of piperidine rings is 1. The average molecular weight is 307 g/mol. The van der Waals surface area contributed by atoms with Crippen molar-refractivity contribution >= 4 is 10.0 Å². The molecule has 0 aliphatic carbocycles. The van der Waals surface area contributed by atoms with Crippen molar-refractivity contribution in [3.05, 3.63) is 35.4 Å². The Kier molecular flexibility index (Phi) is 5.34. The molecule has 1 aromatic rings. The van der Waals surface area contributed by atoms with Gasteiger partial charge in [0.2, 0.25) is 10.0 Å². The maximum atomic E-state index is 12.5. The van der Waals surface area contributed by atoms with Gasteiger partial charge in [-0.2, -0.15) is 5.26 Å². The molecule has 1 fully saturated rings. The highest BCUT2D eigenvalue weighted by Gasteiger charge is 2.28. The molecule has 0 aromatic heterocycles. The number of rotatable bonds is 5. The zero-order valence-corrected chi connectivity index (χ0v) is 13.1. The van der Waals surface area contributed by atoms with Gasteiger partial charge in [-0.3, -0.25) is 0 Å². The van der Waals surface area contributed by atoms with Crippen molar-refractivity contribution in [1.82, 2.24) is 9.62 Å². The molecule has 1 aliphatic heterocycles. The van der Waals surface area contributed by atoms with Crippen LogP contribution in [-0.2, 0) is 15.8 Å². The van der Waals surface area contributed by atoms with Gasteiger partial charge in [0.1, 0.15) is 0 Å². The fourth-order valence-electron chi connectivity index (χ4n) is 2.72. The highest BCUT2D eigenvalue weighted by atomic mass is 32.2. The molecule has 1 aliphatic rings. The lowest BCUT2D eigenvalue weighted by atomic mass is 9.98. The van der Waals surface area contributed by atoms with Crippen molar-refractivity contribution in [2.75, 3.05) is 26.7 Å². The molecule has 114 valence electrons. The minimum absolute atomic E-state index is 0.0899. The number of nitrogens with one attached hydrogen (secondary N) is 1. The van der Waals surface area contributed by atoms with Gasteiger partial charge in [-0.25, -0.2) is 12.7 Å². The normalized spacial score (nSPS) is 17.5. The molecule has 1 aromatic carbocycles. The van der Waals surface area contributed by atoms with Crippen LogP contribution < -0.4 is 5.32 Å². The van der Waals surface area contributed by atoms with Gasteiger partial charge in [0.15, 0.2) is 0 Å². The van der Waals surface area contributed by atoms with Crippen LogP contribution in [0.15, 0.2) is 24.3 Å². The predicted molar refractivity (Wildman–Crippen MR) is 82.0 cm³/mol. The lowest BCUT2D eigenvalue weighted by Crippen LogP contribution is -2.41. The second-order valence-electron chi connectivity index (χ2n) is 5.43. The van der Waals surface area contributed by atoms with E-state index in [2.05, 4.69) is 11.4 Å². The van der Waals surface area contributed by atoms with Gasteiger partial charge in [0, 0.05) is 13.1 Å². The van der Waals surface area contributed by atoms with Crippen LogP contribution in [0.5, 0.6) is 0 Å². The van der Waals surface area contributed by atoms with Crippen LogP contribution in [0.3, 0.4) is 0 Å². The zero-order chi connectivity index (χ0) is 15.3. The van der Waals surface area contributed by atoms with E-state index < -0.39 is 10.0 Å². The minimum atomic E-state index is -3.35. The van der Waals surface area contributed by atoms with Gasteiger partial charge in [0.05, 0.1) is 17.4 Å². The third kappa shape index (κ3) is 4.03. The Morgan fingerprint density at radius 1 is 1.33 bits per heavy atom. The molecule has 0 bridgehead atoms. The Morgan fingerprint density at radius 2 is 2.00 bits per heavy atom. The maximum absolute atomic E-state index is 12.5. The molecule has 1 heterocycles. The first kappa shape index (κ1) is 16.0. The van der Waals surface area contributed by atoms with E-state index in [0.29, 0.717) is 30.1 Å². The first-order valence-electron chi connectivity index (χ1n) is 7.17. The van der Waals surface area contributed by atoms with E-state index >= 15 is 0 Å². The first-order chi connectivity index (χ1) is 10.1. The number of sulfonamides is 1. The van der Waals surface area contributed by atoms with Crippen LogP contribution in [0.2, 0.25) is 0 Å². The summed E-state index contributed by atoms with van der Waals surface area (Å²) in [5.74, 6) is 0.459. The summed E-state index contributed by atoms with van der Waals surface area (Å²) in [4.78, 5) is 0. The molecule has 0 amide bonds. The Bertz CT molecular complexity index is 614. The van der Waals surface area contributed by atoms with E-state index in [1.165, 1.54) is 0 Å². The lowest BCUT2D eigenvalue weighted by Gasteiger charge is -2.31. The quantitative estimate of drug-likeness (QED) is 0.890. The van der Waals surface area contributed by atoms with Crippen LogP contribution in [0, 0.1) is 17.2 Å². The lowest BCUT2D eigenvalue weighted by molar-refractivity contribution is 0.270. The van der Waals surface area contributed by atoms with Crippen LogP contribution in [-0.4, -0.2) is 39.4 Å². The largest absolute Gasteiger partial charge is 0.319 e. The molecule has 0 radical (unpaired) electrons. The van der Waals surface area contributed by atoms with Gasteiger partial charge in [-0.05, 0) is 44.0 Å². The summed E-state index contributed by atoms with van der Waals surface area (Å²) in [5.41, 5.74) is 1.02. The van der Waals surface area contributed by atoms with Crippen molar-refractivity contribution in [1.29, 1.82) is 5.26 Å². The van der Waals surface area contributed by atoms with Crippen molar-refractivity contribution in [3.8, 4) is 6.07 Å². The Balaban J connectivity index is 2.05. The molecule has 6 heteroatoms. The van der Waals surface area contributed by atoms with Gasteiger partial charge >= 0.3 is 0 Å². The van der Waals surface area contributed by atoms with E-state index in [1.807, 2.05) is 7.05 Å². The summed E-state index contributed by atoms with van der Waals surface area (Å²) >= 11 is 0. The molecule has 0 saturated carbocycles. The van der Waals surface area contributed by atoms with E-state index in [0.717, 1.165) is 19.4 Å². The van der Waals surface area contributed by atoms with E-state index in [-0.39, 0.29) is 5.75 Å². The summed E-state index contributed by atoms with van der Waals surface area (Å²) < 4.78 is 26.5. The van der Waals surface area contributed by atoms with Crippen molar-refractivity contribution in [2.24, 2.45) is 5.92 Å². The first-order valence-corrected chi connectivity index (χ1v) is 8.78. The number of nitrogens with zero attached hydrogens (tertiary/aromatic N) is 2. The smallest absolute Gasteiger partial charge is 0.218 e. The molecule has 2 rings (SSSR count). The number of hydrogen-bond acceptors (Lipinski definition) is 4. The maximum Gasteiger partial charge on any atom is 0.218 e. The topological polar surface area (TPSA) is 73.2 Å². The zero-order valence-electron chi connectivity index (χ0n) is 12.2. The Morgan fingerprint density at radius 3 is 2.62 bits per heavy atom. The molecule has 5 nitrogen and oxygen atoms in total. The summed E-state index contributed by atoms with van der Waals surface area (Å²) in [7, 11) is -1.43. The minimum Gasteiger partial charge on any atom is -0.319 e. The molecule has 0 spiro atoms. The fraction of sp³-hybridized carbons (Fsp3) is 0.533. The third-order valence-corrected chi connectivity index (χ3v) is 5.76. The third-order valence-electron chi connectivity index (χ3n) is 3.94. The number of hydrogen-bond donors (Lipinski definition) is 1. The Labute approximate surface area is 126 Å². The fourth-order valence-corrected chi connectivity index (χ4v) is 4.32. The monoisotopic (exact) mass is 307 g/mol. The predicted octanol–water partition coefficient (Wildman–Crippen LogP) is 1.32. The van der Waals surface area contributed by atoms with E-state index in [9.17, 15) is 8.42 Å². The van der Waals surface area contributed by atoms with Crippen LogP contribution in [0.25, 0.3) is 0 Å². The second-order valence-corrected chi connectivity index (χ2v) is 7.39. The number of nitriles is 1. The molecular weight excluding hydrogens is 286 g/mol. The standard InChI is InChI=1S/C15H21N3O2S/c1-17-11-13-6-8-18(9-7-13)21(19,20)12-15-5-3-2-4-14(15)10-16/h2-5,13,17H,6-9,11-12H2,1H3. The van der Waals surface area contributed by atoms with Gasteiger partial charge in [-0.15, -0.1) is 0 Å². The van der Waals surface area contributed by atoms with Gasteiger partial charge < -0.3 is 5.32 Å². The van der Waals surface area contributed by atoms with Crippen LogP contribution in [0.1, 0.15) is 24.0 Å². The van der Waals surface area contributed by atoms with Crippen molar-refractivity contribution in [3.63, 3.8) is 0 Å². The van der Waals surface area contributed by atoms with E-state index in [4.69, 9.17) is 5.26 Å². The van der Waals surface area contributed by atoms with E-state index in [1.54, 1.807) is 28.6 Å². The average Bonchev–Trinajstić information content (AvgIpc) is 2.48. The van der Waals surface area contributed by atoms with Gasteiger partial charge in [0.25, 0.3) is 0 Å². The van der Waals surface area contributed by atoms with Crippen molar-refractivity contribution < 1.29 is 8.42 Å². The van der Waals surface area contributed by atoms with Gasteiger partial charge in [-0.1, -0.05) is 18.2 Å². The number of benzene rings is 1. The van der Waals surface area contributed by atoms with Crippen LogP contribution >= 0.6 is 0 Å². The molecule has 1 N–H and O–H groups in total. The molecule has 21 heavy (non-hydrogen) atoms. The van der Waals surface area contributed by atoms with Crippen molar-refractivity contribution in [2.45, 2.75) is 18.6 Å². The summed E-state index contributed by atoms with van der Waals surface area (Å²) in [6, 6.07) is 8.94. The SMILES string of the molecule is CNCC1CCN(S(=O)(=O)Cc2ccccc2C#N)CC1. The molecule has 0 unspecified atom stereocenters. The van der Waals surface area contributed by atoms with Crippen LogP contribution in [0.4, 0.5) is 0 Å². The Hall–Kier alpha value is -1.42. The summed E-state index contributed by atoms with van der Waals surface area (Å²) in [6.45, 7) is 2.08. The molecular formula is C15H21N3O2S.